The van der Waals surface area contributed by atoms with Crippen molar-refractivity contribution in [1.82, 2.24) is 20.3 Å². The highest BCUT2D eigenvalue weighted by Gasteiger charge is 2.21. The van der Waals surface area contributed by atoms with Gasteiger partial charge in [-0.2, -0.15) is 0 Å². The van der Waals surface area contributed by atoms with Crippen molar-refractivity contribution in [3.05, 3.63) is 11.9 Å². The molecule has 0 radical (unpaired) electrons. The topological polar surface area (TPSA) is 42.7 Å². The molecule has 0 bridgehead atoms. The minimum Gasteiger partial charge on any atom is -0.316 e. The summed E-state index contributed by atoms with van der Waals surface area (Å²) in [5.74, 6) is 0.658. The number of hydrogen-bond donors (Lipinski definition) is 1. The average Bonchev–Trinajstić information content (AvgIpc) is 2.56. The summed E-state index contributed by atoms with van der Waals surface area (Å²) in [6.07, 6.45) is 5.83. The molecule has 0 amide bonds. The van der Waals surface area contributed by atoms with E-state index in [1.807, 2.05) is 24.7 Å². The van der Waals surface area contributed by atoms with Crippen molar-refractivity contribution in [2.75, 3.05) is 13.1 Å². The van der Waals surface area contributed by atoms with Crippen LogP contribution >= 0.6 is 11.6 Å². The first-order valence-corrected chi connectivity index (χ1v) is 6.74. The normalized spacial score (nSPS) is 22.4. The van der Waals surface area contributed by atoms with Crippen LogP contribution in [0.4, 0.5) is 0 Å². The second-order valence-electron chi connectivity index (χ2n) is 5.36. The predicted molar refractivity (Wildman–Crippen MR) is 69.1 cm³/mol. The Morgan fingerprint density at radius 3 is 3.06 bits per heavy atom. The lowest BCUT2D eigenvalue weighted by Crippen LogP contribution is -2.24. The number of aromatic nitrogens is 3. The number of halogens is 1. The number of nitrogens with one attached hydrogen (secondary N) is 1. The van der Waals surface area contributed by atoms with Crippen molar-refractivity contribution in [2.24, 2.45) is 5.92 Å². The standard InChI is InChI=1S/C12H21ClN4/c1-12(2,13)11-9-17(16-15-11)8-10-5-3-4-6-14-7-10/h9-10,14H,3-8H2,1-2H3. The fourth-order valence-electron chi connectivity index (χ4n) is 2.17. The lowest BCUT2D eigenvalue weighted by Gasteiger charge is -2.13. The molecule has 2 heterocycles. The number of nitrogens with zero attached hydrogens (tertiary/aromatic N) is 3. The fourth-order valence-corrected chi connectivity index (χ4v) is 2.26. The number of rotatable bonds is 3. The molecule has 17 heavy (non-hydrogen) atoms. The van der Waals surface area contributed by atoms with E-state index in [0.717, 1.165) is 25.3 Å². The van der Waals surface area contributed by atoms with E-state index >= 15 is 0 Å². The molecular weight excluding hydrogens is 236 g/mol. The monoisotopic (exact) mass is 256 g/mol. The molecule has 1 aromatic heterocycles. The van der Waals surface area contributed by atoms with Crippen LogP contribution in [0.25, 0.3) is 0 Å². The van der Waals surface area contributed by atoms with Crippen LogP contribution in [-0.4, -0.2) is 28.1 Å². The Kier molecular flexibility index (Phi) is 4.05. The molecule has 0 aliphatic carbocycles. The summed E-state index contributed by atoms with van der Waals surface area (Å²) in [5.41, 5.74) is 0.848. The van der Waals surface area contributed by atoms with Gasteiger partial charge in [0, 0.05) is 6.54 Å². The van der Waals surface area contributed by atoms with Crippen LogP contribution in [0.3, 0.4) is 0 Å². The SMILES string of the molecule is CC(C)(Cl)c1cn(CC2CCCCNC2)nn1. The first-order valence-electron chi connectivity index (χ1n) is 6.36. The van der Waals surface area contributed by atoms with Crippen LogP contribution in [-0.2, 0) is 11.4 Å². The Balaban J connectivity index is 1.96. The van der Waals surface area contributed by atoms with Crippen molar-refractivity contribution >= 4 is 11.6 Å². The molecular formula is C12H21ClN4. The van der Waals surface area contributed by atoms with Gasteiger partial charge in [-0.25, -0.2) is 0 Å². The molecule has 5 heteroatoms. The van der Waals surface area contributed by atoms with Crippen LogP contribution in [0, 0.1) is 5.92 Å². The molecule has 96 valence electrons. The van der Waals surface area contributed by atoms with Gasteiger partial charge in [-0.3, -0.25) is 4.68 Å². The quantitative estimate of drug-likeness (QED) is 0.843. The van der Waals surface area contributed by atoms with E-state index < -0.39 is 4.87 Å². The summed E-state index contributed by atoms with van der Waals surface area (Å²) in [6.45, 7) is 7.05. The minimum atomic E-state index is -0.431. The summed E-state index contributed by atoms with van der Waals surface area (Å²) in [4.78, 5) is -0.431. The number of hydrogen-bond acceptors (Lipinski definition) is 3. The third-order valence-corrected chi connectivity index (χ3v) is 3.44. The molecule has 1 aromatic rings. The van der Waals surface area contributed by atoms with Crippen LogP contribution in [0.1, 0.15) is 38.8 Å². The maximum absolute atomic E-state index is 6.21. The van der Waals surface area contributed by atoms with Gasteiger partial charge in [0.1, 0.15) is 5.69 Å². The maximum atomic E-state index is 6.21. The van der Waals surface area contributed by atoms with Crippen molar-refractivity contribution in [3.8, 4) is 0 Å². The third-order valence-electron chi connectivity index (χ3n) is 3.24. The molecule has 1 unspecified atom stereocenters. The van der Waals surface area contributed by atoms with Crippen molar-refractivity contribution in [1.29, 1.82) is 0 Å². The zero-order valence-electron chi connectivity index (χ0n) is 10.6. The molecule has 0 aromatic carbocycles. The Labute approximate surface area is 108 Å². The van der Waals surface area contributed by atoms with Crippen molar-refractivity contribution in [3.63, 3.8) is 0 Å². The largest absolute Gasteiger partial charge is 0.316 e. The van der Waals surface area contributed by atoms with E-state index in [0.29, 0.717) is 5.92 Å². The maximum Gasteiger partial charge on any atom is 0.103 e. The summed E-state index contributed by atoms with van der Waals surface area (Å²) < 4.78 is 1.93. The Morgan fingerprint density at radius 1 is 1.53 bits per heavy atom. The van der Waals surface area contributed by atoms with Gasteiger partial charge >= 0.3 is 0 Å². The molecule has 1 fully saturated rings. The fraction of sp³-hybridized carbons (Fsp3) is 0.833. The molecule has 2 rings (SSSR count). The highest BCUT2D eigenvalue weighted by Crippen LogP contribution is 2.25. The van der Waals surface area contributed by atoms with E-state index in [1.165, 1.54) is 19.3 Å². The Morgan fingerprint density at radius 2 is 2.35 bits per heavy atom. The molecule has 1 atom stereocenters. The molecule has 1 aliphatic rings. The molecule has 0 saturated carbocycles. The van der Waals surface area contributed by atoms with Crippen LogP contribution in [0.15, 0.2) is 6.20 Å². The first kappa shape index (κ1) is 12.8. The van der Waals surface area contributed by atoms with Gasteiger partial charge in [0.2, 0.25) is 0 Å². The van der Waals surface area contributed by atoms with Crippen LogP contribution in [0.2, 0.25) is 0 Å². The van der Waals surface area contributed by atoms with Gasteiger partial charge in [-0.15, -0.1) is 16.7 Å². The molecule has 4 nitrogen and oxygen atoms in total. The molecule has 1 aliphatic heterocycles. The van der Waals surface area contributed by atoms with Gasteiger partial charge < -0.3 is 5.32 Å². The smallest absolute Gasteiger partial charge is 0.103 e. The summed E-state index contributed by atoms with van der Waals surface area (Å²) in [6, 6.07) is 0. The molecule has 1 saturated heterocycles. The summed E-state index contributed by atoms with van der Waals surface area (Å²) in [5, 5.41) is 11.8. The van der Waals surface area contributed by atoms with Gasteiger partial charge in [0.15, 0.2) is 0 Å². The summed E-state index contributed by atoms with van der Waals surface area (Å²) in [7, 11) is 0. The summed E-state index contributed by atoms with van der Waals surface area (Å²) >= 11 is 6.21. The van der Waals surface area contributed by atoms with Gasteiger partial charge in [-0.05, 0) is 45.7 Å². The predicted octanol–water partition coefficient (Wildman–Crippen LogP) is 2.14. The van der Waals surface area contributed by atoms with Crippen LogP contribution < -0.4 is 5.32 Å². The lowest BCUT2D eigenvalue weighted by atomic mass is 10.0. The van der Waals surface area contributed by atoms with E-state index in [2.05, 4.69) is 15.6 Å². The van der Waals surface area contributed by atoms with E-state index in [9.17, 15) is 0 Å². The van der Waals surface area contributed by atoms with Gasteiger partial charge in [-0.1, -0.05) is 11.6 Å². The molecule has 1 N–H and O–H groups in total. The zero-order chi connectivity index (χ0) is 12.3. The van der Waals surface area contributed by atoms with Crippen LogP contribution in [0.5, 0.6) is 0 Å². The van der Waals surface area contributed by atoms with Crippen molar-refractivity contribution < 1.29 is 0 Å². The van der Waals surface area contributed by atoms with E-state index in [1.54, 1.807) is 0 Å². The Bertz CT molecular complexity index is 348. The average molecular weight is 257 g/mol. The minimum absolute atomic E-state index is 0.431. The highest BCUT2D eigenvalue weighted by molar-refractivity contribution is 6.23. The van der Waals surface area contributed by atoms with E-state index in [4.69, 9.17) is 11.6 Å². The lowest BCUT2D eigenvalue weighted by molar-refractivity contribution is 0.386. The molecule has 0 spiro atoms. The Hall–Kier alpha value is -0.610. The van der Waals surface area contributed by atoms with Crippen molar-refractivity contribution in [2.45, 2.75) is 44.5 Å². The second-order valence-corrected chi connectivity index (χ2v) is 6.31. The third kappa shape index (κ3) is 3.68. The van der Waals surface area contributed by atoms with Gasteiger partial charge in [0.05, 0.1) is 11.1 Å². The van der Waals surface area contributed by atoms with Gasteiger partial charge in [0.25, 0.3) is 0 Å². The first-order chi connectivity index (χ1) is 8.05. The highest BCUT2D eigenvalue weighted by atomic mass is 35.5. The van der Waals surface area contributed by atoms with E-state index in [-0.39, 0.29) is 0 Å². The zero-order valence-corrected chi connectivity index (χ0v) is 11.4. The second kappa shape index (κ2) is 5.36. The number of alkyl halides is 1.